The lowest BCUT2D eigenvalue weighted by atomic mass is 9.94. The first kappa shape index (κ1) is 17.7. The Morgan fingerprint density at radius 1 is 1.14 bits per heavy atom. The van der Waals surface area contributed by atoms with E-state index in [0.29, 0.717) is 43.8 Å². The van der Waals surface area contributed by atoms with Gasteiger partial charge >= 0.3 is 0 Å². The molecule has 1 atom stereocenters. The van der Waals surface area contributed by atoms with Gasteiger partial charge in [0.25, 0.3) is 5.91 Å². The fraction of sp³-hybridized carbons (Fsp3) is 0.261. The van der Waals surface area contributed by atoms with Crippen LogP contribution >= 0.6 is 0 Å². The van der Waals surface area contributed by atoms with Crippen LogP contribution in [0.3, 0.4) is 0 Å². The number of benzene rings is 2. The molecule has 1 unspecified atom stereocenters. The molecule has 3 heterocycles. The lowest BCUT2D eigenvalue weighted by molar-refractivity contribution is -0.134. The summed E-state index contributed by atoms with van der Waals surface area (Å²) in [5, 5.41) is 2.86. The predicted molar refractivity (Wildman–Crippen MR) is 106 cm³/mol. The second-order valence-electron chi connectivity index (χ2n) is 7.54. The van der Waals surface area contributed by atoms with Gasteiger partial charge in [0.15, 0.2) is 5.89 Å². The van der Waals surface area contributed by atoms with Gasteiger partial charge in [-0.05, 0) is 17.2 Å². The van der Waals surface area contributed by atoms with Crippen molar-refractivity contribution in [2.24, 2.45) is 0 Å². The van der Waals surface area contributed by atoms with Gasteiger partial charge in [0.1, 0.15) is 17.5 Å². The zero-order valence-corrected chi connectivity index (χ0v) is 15.9. The van der Waals surface area contributed by atoms with Crippen molar-refractivity contribution in [3.63, 3.8) is 0 Å². The number of aromatic nitrogens is 1. The van der Waals surface area contributed by atoms with E-state index < -0.39 is 6.04 Å². The van der Waals surface area contributed by atoms with E-state index in [-0.39, 0.29) is 11.8 Å². The number of hydrogen-bond acceptors (Lipinski definition) is 4. The van der Waals surface area contributed by atoms with Gasteiger partial charge in [0, 0.05) is 31.4 Å². The number of nitrogens with one attached hydrogen (secondary N) is 1. The van der Waals surface area contributed by atoms with Crippen LogP contribution in [0.1, 0.15) is 38.8 Å². The topological polar surface area (TPSA) is 75.4 Å². The maximum Gasteiger partial charge on any atom is 0.252 e. The summed E-state index contributed by atoms with van der Waals surface area (Å²) in [6.45, 7) is 0.986. The molecule has 0 bridgehead atoms. The average molecular weight is 387 g/mol. The quantitative estimate of drug-likeness (QED) is 0.749. The third kappa shape index (κ3) is 3.42. The van der Waals surface area contributed by atoms with Crippen molar-refractivity contribution in [1.82, 2.24) is 15.2 Å². The number of hydrogen-bond donors (Lipinski definition) is 1. The Morgan fingerprint density at radius 3 is 2.79 bits per heavy atom. The molecule has 6 nitrogen and oxygen atoms in total. The van der Waals surface area contributed by atoms with Crippen LogP contribution in [-0.2, 0) is 30.6 Å². The first-order valence-corrected chi connectivity index (χ1v) is 9.86. The molecule has 0 saturated heterocycles. The van der Waals surface area contributed by atoms with Crippen LogP contribution in [-0.4, -0.2) is 34.3 Å². The summed E-state index contributed by atoms with van der Waals surface area (Å²) < 4.78 is 5.93. The van der Waals surface area contributed by atoms with Gasteiger partial charge in [-0.1, -0.05) is 48.5 Å². The molecule has 2 aromatic carbocycles. The Morgan fingerprint density at radius 2 is 1.93 bits per heavy atom. The number of rotatable bonds is 3. The predicted octanol–water partition coefficient (Wildman–Crippen LogP) is 2.50. The Kier molecular flexibility index (Phi) is 4.39. The normalized spacial score (nSPS) is 18.0. The molecule has 5 rings (SSSR count). The van der Waals surface area contributed by atoms with Gasteiger partial charge in [-0.25, -0.2) is 4.98 Å². The molecule has 29 heavy (non-hydrogen) atoms. The van der Waals surface area contributed by atoms with Gasteiger partial charge < -0.3 is 14.6 Å². The van der Waals surface area contributed by atoms with Crippen LogP contribution < -0.4 is 5.32 Å². The fourth-order valence-electron chi connectivity index (χ4n) is 4.08. The summed E-state index contributed by atoms with van der Waals surface area (Å²) in [5.74, 6) is 1.29. The molecule has 3 aromatic rings. The van der Waals surface area contributed by atoms with Crippen molar-refractivity contribution in [2.75, 3.05) is 6.54 Å². The Hall–Kier alpha value is -3.41. The summed E-state index contributed by atoms with van der Waals surface area (Å²) in [6, 6.07) is 17.0. The third-order valence-electron chi connectivity index (χ3n) is 5.57. The second kappa shape index (κ2) is 7.20. The largest absolute Gasteiger partial charge is 0.445 e. The van der Waals surface area contributed by atoms with E-state index in [0.717, 1.165) is 22.6 Å². The van der Waals surface area contributed by atoms with Gasteiger partial charge in [-0.2, -0.15) is 0 Å². The SMILES string of the molecule is O=C1NC(C(=O)N2CCc3oc(Cc4ccccc4)nc3C2)Cc2ccccc21. The first-order valence-electron chi connectivity index (χ1n) is 9.86. The summed E-state index contributed by atoms with van der Waals surface area (Å²) >= 11 is 0. The molecule has 146 valence electrons. The van der Waals surface area contributed by atoms with Crippen molar-refractivity contribution >= 4 is 11.8 Å². The molecule has 1 N–H and O–H groups in total. The minimum atomic E-state index is -0.533. The third-order valence-corrected chi connectivity index (χ3v) is 5.57. The van der Waals surface area contributed by atoms with Crippen molar-refractivity contribution in [1.29, 1.82) is 0 Å². The zero-order chi connectivity index (χ0) is 19.8. The van der Waals surface area contributed by atoms with Crippen LogP contribution in [0.4, 0.5) is 0 Å². The van der Waals surface area contributed by atoms with Crippen LogP contribution in [0.15, 0.2) is 59.0 Å². The lowest BCUT2D eigenvalue weighted by Crippen LogP contribution is -2.53. The maximum absolute atomic E-state index is 13.1. The molecule has 0 radical (unpaired) electrons. The monoisotopic (exact) mass is 387 g/mol. The number of carbonyl (C=O) groups is 2. The molecule has 0 aliphatic carbocycles. The highest BCUT2D eigenvalue weighted by atomic mass is 16.4. The minimum Gasteiger partial charge on any atom is -0.445 e. The fourth-order valence-corrected chi connectivity index (χ4v) is 4.08. The molecular weight excluding hydrogens is 366 g/mol. The molecule has 6 heteroatoms. The number of amides is 2. The lowest BCUT2D eigenvalue weighted by Gasteiger charge is -2.32. The van der Waals surface area contributed by atoms with Crippen molar-refractivity contribution < 1.29 is 14.0 Å². The van der Waals surface area contributed by atoms with Crippen LogP contribution in [0.5, 0.6) is 0 Å². The maximum atomic E-state index is 13.1. The van der Waals surface area contributed by atoms with Crippen LogP contribution in [0.2, 0.25) is 0 Å². The highest BCUT2D eigenvalue weighted by Crippen LogP contribution is 2.24. The van der Waals surface area contributed by atoms with E-state index in [9.17, 15) is 9.59 Å². The van der Waals surface area contributed by atoms with Crippen molar-refractivity contribution in [3.8, 4) is 0 Å². The Bertz CT molecular complexity index is 1070. The van der Waals surface area contributed by atoms with E-state index in [1.165, 1.54) is 0 Å². The molecule has 2 aliphatic heterocycles. The minimum absolute atomic E-state index is 0.0638. The smallest absolute Gasteiger partial charge is 0.252 e. The molecule has 2 amide bonds. The number of nitrogens with zero attached hydrogens (tertiary/aromatic N) is 2. The number of oxazole rings is 1. The standard InChI is InChI=1S/C23H21N3O3/c27-22-17-9-5-4-8-16(17)13-18(25-22)23(28)26-11-10-20-19(14-26)24-21(29-20)12-15-6-2-1-3-7-15/h1-9,18H,10-14H2,(H,25,27). The molecule has 0 fully saturated rings. The molecule has 0 spiro atoms. The molecule has 1 aromatic heterocycles. The van der Waals surface area contributed by atoms with Gasteiger partial charge in [0.05, 0.1) is 6.54 Å². The van der Waals surface area contributed by atoms with E-state index in [1.807, 2.05) is 48.5 Å². The summed E-state index contributed by atoms with van der Waals surface area (Å²) in [6.07, 6.45) is 1.79. The number of carbonyl (C=O) groups excluding carboxylic acids is 2. The van der Waals surface area contributed by atoms with Crippen LogP contribution in [0.25, 0.3) is 0 Å². The molecule has 2 aliphatic rings. The van der Waals surface area contributed by atoms with E-state index in [1.54, 1.807) is 11.0 Å². The van der Waals surface area contributed by atoms with E-state index in [2.05, 4.69) is 10.3 Å². The zero-order valence-electron chi connectivity index (χ0n) is 15.9. The highest BCUT2D eigenvalue weighted by Gasteiger charge is 2.34. The highest BCUT2D eigenvalue weighted by molar-refractivity contribution is 6.00. The van der Waals surface area contributed by atoms with E-state index in [4.69, 9.17) is 4.42 Å². The van der Waals surface area contributed by atoms with E-state index >= 15 is 0 Å². The summed E-state index contributed by atoms with van der Waals surface area (Å²) in [5.41, 5.74) is 3.53. The number of fused-ring (bicyclic) bond motifs is 2. The first-order chi connectivity index (χ1) is 14.2. The van der Waals surface area contributed by atoms with Crippen LogP contribution in [0, 0.1) is 0 Å². The Labute approximate surface area is 168 Å². The molecule has 0 saturated carbocycles. The summed E-state index contributed by atoms with van der Waals surface area (Å²) in [4.78, 5) is 31.8. The van der Waals surface area contributed by atoms with Gasteiger partial charge in [0.2, 0.25) is 5.91 Å². The van der Waals surface area contributed by atoms with Crippen molar-refractivity contribution in [3.05, 3.63) is 88.6 Å². The van der Waals surface area contributed by atoms with Gasteiger partial charge in [-0.3, -0.25) is 9.59 Å². The summed E-state index contributed by atoms with van der Waals surface area (Å²) in [7, 11) is 0. The van der Waals surface area contributed by atoms with Gasteiger partial charge in [-0.15, -0.1) is 0 Å². The van der Waals surface area contributed by atoms with Crippen molar-refractivity contribution in [2.45, 2.75) is 31.8 Å². The molecular formula is C23H21N3O3. The Balaban J connectivity index is 1.30. The second-order valence-corrected chi connectivity index (χ2v) is 7.54. The average Bonchev–Trinajstić information content (AvgIpc) is 3.15.